The molecule has 6 nitrogen and oxygen atoms in total. The van der Waals surface area contributed by atoms with Gasteiger partial charge in [-0.2, -0.15) is 0 Å². The van der Waals surface area contributed by atoms with Crippen molar-refractivity contribution < 1.29 is 9.53 Å². The number of nitrogens with zero attached hydrogens (tertiary/aromatic N) is 3. The van der Waals surface area contributed by atoms with Crippen LogP contribution in [0.25, 0.3) is 0 Å². The van der Waals surface area contributed by atoms with E-state index in [-0.39, 0.29) is 5.91 Å². The molecule has 0 saturated heterocycles. The van der Waals surface area contributed by atoms with Crippen molar-refractivity contribution in [1.82, 2.24) is 9.97 Å². The molecule has 0 bridgehead atoms. The fraction of sp³-hybridized carbons (Fsp3) is 0.214. The van der Waals surface area contributed by atoms with E-state index in [1.807, 2.05) is 19.0 Å². The molecule has 0 unspecified atom stereocenters. The average Bonchev–Trinajstić information content (AvgIpc) is 2.47. The van der Waals surface area contributed by atoms with Gasteiger partial charge in [0.15, 0.2) is 0 Å². The van der Waals surface area contributed by atoms with Gasteiger partial charge in [0.2, 0.25) is 5.88 Å². The molecule has 2 rings (SSSR count). The van der Waals surface area contributed by atoms with Gasteiger partial charge in [-0.05, 0) is 34.1 Å². The van der Waals surface area contributed by atoms with Crippen LogP contribution in [0.5, 0.6) is 5.88 Å². The van der Waals surface area contributed by atoms with Gasteiger partial charge in [-0.3, -0.25) is 4.79 Å². The van der Waals surface area contributed by atoms with E-state index in [2.05, 4.69) is 31.2 Å². The Bertz CT molecular complexity index is 661. The summed E-state index contributed by atoms with van der Waals surface area (Å²) in [7, 11) is 5.28. The molecular formula is C14H15BrN4O2. The second-order valence-corrected chi connectivity index (χ2v) is 5.24. The van der Waals surface area contributed by atoms with E-state index in [0.717, 1.165) is 5.69 Å². The number of anilines is 2. The van der Waals surface area contributed by atoms with Crippen molar-refractivity contribution in [3.63, 3.8) is 0 Å². The maximum absolute atomic E-state index is 12.3. The van der Waals surface area contributed by atoms with E-state index in [0.29, 0.717) is 21.7 Å². The van der Waals surface area contributed by atoms with Gasteiger partial charge in [-0.25, -0.2) is 9.97 Å². The Hall–Kier alpha value is -2.15. The van der Waals surface area contributed by atoms with E-state index in [1.165, 1.54) is 7.11 Å². The van der Waals surface area contributed by atoms with E-state index < -0.39 is 0 Å². The molecule has 0 aromatic carbocycles. The SMILES string of the molecule is COc1nccc(N(C)C)c1NC(=O)c1ccnc(Br)c1. The second-order valence-electron chi connectivity index (χ2n) is 4.43. The molecule has 0 saturated carbocycles. The quantitative estimate of drug-likeness (QED) is 0.858. The monoisotopic (exact) mass is 350 g/mol. The first-order chi connectivity index (χ1) is 10.0. The molecule has 21 heavy (non-hydrogen) atoms. The van der Waals surface area contributed by atoms with Crippen molar-refractivity contribution in [3.8, 4) is 5.88 Å². The lowest BCUT2D eigenvalue weighted by Crippen LogP contribution is -2.18. The Morgan fingerprint density at radius 3 is 2.62 bits per heavy atom. The van der Waals surface area contributed by atoms with Crippen molar-refractivity contribution in [2.75, 3.05) is 31.4 Å². The second kappa shape index (κ2) is 6.53. The Morgan fingerprint density at radius 1 is 1.29 bits per heavy atom. The van der Waals surface area contributed by atoms with Gasteiger partial charge in [-0.15, -0.1) is 0 Å². The summed E-state index contributed by atoms with van der Waals surface area (Å²) < 4.78 is 5.82. The molecule has 2 aromatic rings. The summed E-state index contributed by atoms with van der Waals surface area (Å²) in [4.78, 5) is 22.3. The molecule has 0 aliphatic rings. The largest absolute Gasteiger partial charge is 0.479 e. The smallest absolute Gasteiger partial charge is 0.256 e. The molecule has 0 aliphatic carbocycles. The van der Waals surface area contributed by atoms with Crippen LogP contribution < -0.4 is 15.0 Å². The lowest BCUT2D eigenvalue weighted by atomic mass is 10.2. The van der Waals surface area contributed by atoms with E-state index in [4.69, 9.17) is 4.74 Å². The number of hydrogen-bond donors (Lipinski definition) is 1. The van der Waals surface area contributed by atoms with Crippen molar-refractivity contribution in [2.24, 2.45) is 0 Å². The molecule has 2 heterocycles. The first-order valence-electron chi connectivity index (χ1n) is 6.16. The van der Waals surface area contributed by atoms with Gasteiger partial charge in [0.25, 0.3) is 5.91 Å². The molecule has 0 fully saturated rings. The minimum Gasteiger partial charge on any atom is -0.479 e. The van der Waals surface area contributed by atoms with Gasteiger partial charge in [-0.1, -0.05) is 0 Å². The van der Waals surface area contributed by atoms with E-state index >= 15 is 0 Å². The molecule has 1 amide bonds. The molecule has 7 heteroatoms. The van der Waals surface area contributed by atoms with E-state index in [9.17, 15) is 4.79 Å². The summed E-state index contributed by atoms with van der Waals surface area (Å²) in [6, 6.07) is 5.09. The molecule has 2 aromatic heterocycles. The Balaban J connectivity index is 2.36. The summed E-state index contributed by atoms with van der Waals surface area (Å²) in [6.07, 6.45) is 3.19. The molecule has 1 N–H and O–H groups in total. The van der Waals surface area contributed by atoms with Crippen LogP contribution in [0, 0.1) is 0 Å². The average molecular weight is 351 g/mol. The number of rotatable bonds is 4. The Kier molecular flexibility index (Phi) is 4.74. The minimum atomic E-state index is -0.257. The number of carbonyl (C=O) groups is 1. The summed E-state index contributed by atoms with van der Waals surface area (Å²) in [5, 5.41) is 2.84. The van der Waals surface area contributed by atoms with Crippen molar-refractivity contribution in [2.45, 2.75) is 0 Å². The number of nitrogens with one attached hydrogen (secondary N) is 1. The van der Waals surface area contributed by atoms with Crippen LogP contribution in [-0.2, 0) is 0 Å². The van der Waals surface area contributed by atoms with Crippen LogP contribution >= 0.6 is 15.9 Å². The number of carbonyl (C=O) groups excluding carboxylic acids is 1. The van der Waals surface area contributed by atoms with Gasteiger partial charge < -0.3 is 15.0 Å². The molecule has 110 valence electrons. The van der Waals surface area contributed by atoms with Crippen LogP contribution in [0.4, 0.5) is 11.4 Å². The summed E-state index contributed by atoms with van der Waals surface area (Å²) in [5.41, 5.74) is 1.83. The lowest BCUT2D eigenvalue weighted by Gasteiger charge is -2.19. The maximum Gasteiger partial charge on any atom is 0.256 e. The number of amides is 1. The zero-order valence-corrected chi connectivity index (χ0v) is 13.5. The van der Waals surface area contributed by atoms with Gasteiger partial charge in [0.05, 0.1) is 12.8 Å². The minimum absolute atomic E-state index is 0.257. The third-order valence-electron chi connectivity index (χ3n) is 2.80. The predicted octanol–water partition coefficient (Wildman–Crippen LogP) is 2.57. The van der Waals surface area contributed by atoms with Crippen LogP contribution in [0.2, 0.25) is 0 Å². The van der Waals surface area contributed by atoms with Crippen molar-refractivity contribution in [1.29, 1.82) is 0 Å². The van der Waals surface area contributed by atoms with Crippen molar-refractivity contribution >= 4 is 33.2 Å². The number of halogens is 1. The molecule has 0 aliphatic heterocycles. The van der Waals surface area contributed by atoms with Crippen LogP contribution in [0.15, 0.2) is 35.2 Å². The van der Waals surface area contributed by atoms with Gasteiger partial charge >= 0.3 is 0 Å². The molecular weight excluding hydrogens is 336 g/mol. The van der Waals surface area contributed by atoms with Crippen LogP contribution in [-0.4, -0.2) is 37.1 Å². The standard InChI is InChI=1S/C14H15BrN4O2/c1-19(2)10-5-7-17-14(21-3)12(10)18-13(20)9-4-6-16-11(15)8-9/h4-8H,1-3H3,(H,18,20). The number of ether oxygens (including phenoxy) is 1. The zero-order valence-electron chi connectivity index (χ0n) is 11.9. The molecule has 0 atom stereocenters. The Labute approximate surface area is 131 Å². The summed E-state index contributed by atoms with van der Waals surface area (Å²) in [5.74, 6) is 0.107. The number of pyridine rings is 2. The number of methoxy groups -OCH3 is 1. The first-order valence-corrected chi connectivity index (χ1v) is 6.95. The zero-order chi connectivity index (χ0) is 15.4. The maximum atomic E-state index is 12.3. The van der Waals surface area contributed by atoms with E-state index in [1.54, 1.807) is 30.6 Å². The van der Waals surface area contributed by atoms with Crippen molar-refractivity contribution in [3.05, 3.63) is 40.8 Å². The highest BCUT2D eigenvalue weighted by Gasteiger charge is 2.16. The molecule has 0 spiro atoms. The predicted molar refractivity (Wildman–Crippen MR) is 85.0 cm³/mol. The van der Waals surface area contributed by atoms with Gasteiger partial charge in [0, 0.05) is 32.1 Å². The third kappa shape index (κ3) is 3.49. The highest BCUT2D eigenvalue weighted by molar-refractivity contribution is 9.10. The fourth-order valence-electron chi connectivity index (χ4n) is 1.81. The van der Waals surface area contributed by atoms with Gasteiger partial charge in [0.1, 0.15) is 10.3 Å². The highest BCUT2D eigenvalue weighted by atomic mass is 79.9. The fourth-order valence-corrected chi connectivity index (χ4v) is 2.17. The number of hydrogen-bond acceptors (Lipinski definition) is 5. The van der Waals surface area contributed by atoms with Crippen LogP contribution in [0.1, 0.15) is 10.4 Å². The summed E-state index contributed by atoms with van der Waals surface area (Å²) in [6.45, 7) is 0. The number of aromatic nitrogens is 2. The Morgan fingerprint density at radius 2 is 2.00 bits per heavy atom. The third-order valence-corrected chi connectivity index (χ3v) is 3.23. The topological polar surface area (TPSA) is 67.3 Å². The van der Waals surface area contributed by atoms with Crippen LogP contribution in [0.3, 0.4) is 0 Å². The summed E-state index contributed by atoms with van der Waals surface area (Å²) >= 11 is 3.25. The lowest BCUT2D eigenvalue weighted by molar-refractivity contribution is 0.102. The first kappa shape index (κ1) is 15.2. The normalized spacial score (nSPS) is 10.1. The highest BCUT2D eigenvalue weighted by Crippen LogP contribution is 2.32. The molecule has 0 radical (unpaired) electrons.